The quantitative estimate of drug-likeness (QED) is 0.396. The number of aromatic nitrogens is 3. The Morgan fingerprint density at radius 3 is 2.69 bits per heavy atom. The zero-order valence-electron chi connectivity index (χ0n) is 18.2. The number of benzene rings is 1. The molecule has 0 saturated heterocycles. The fourth-order valence-corrected chi connectivity index (χ4v) is 3.40. The van der Waals surface area contributed by atoms with Gasteiger partial charge in [0.05, 0.1) is 11.8 Å². The molecule has 4 aromatic rings. The van der Waals surface area contributed by atoms with Gasteiger partial charge in [0.25, 0.3) is 5.91 Å². The molecule has 5 rings (SSSR count). The van der Waals surface area contributed by atoms with Crippen LogP contribution < -0.4 is 15.4 Å². The predicted octanol–water partition coefficient (Wildman–Crippen LogP) is 5.04. The van der Waals surface area contributed by atoms with Crippen molar-refractivity contribution in [2.24, 2.45) is 5.92 Å². The number of ether oxygens (including phenoxy) is 1. The van der Waals surface area contributed by atoms with Crippen molar-refractivity contribution in [1.82, 2.24) is 14.6 Å². The number of rotatable bonds is 6. The van der Waals surface area contributed by atoms with Crippen LogP contribution in [-0.4, -0.2) is 26.4 Å². The highest BCUT2D eigenvalue weighted by atomic mass is 19.4. The van der Waals surface area contributed by atoms with Gasteiger partial charge in [-0.2, -0.15) is 13.2 Å². The molecule has 2 amide bonds. The molecule has 0 atom stereocenters. The third-order valence-electron chi connectivity index (χ3n) is 5.17. The second-order valence-electron chi connectivity index (χ2n) is 8.05. The molecule has 1 fully saturated rings. The summed E-state index contributed by atoms with van der Waals surface area (Å²) in [5.74, 6) is -1.52. The van der Waals surface area contributed by atoms with E-state index in [1.165, 1.54) is 23.6 Å². The molecule has 1 aromatic carbocycles. The average Bonchev–Trinajstić information content (AvgIpc) is 3.45. The van der Waals surface area contributed by atoms with Crippen LogP contribution in [0.3, 0.4) is 0 Å². The second kappa shape index (κ2) is 8.46. The maximum absolute atomic E-state index is 13.2. The molecule has 3 heterocycles. The summed E-state index contributed by atoms with van der Waals surface area (Å²) >= 11 is 0. The highest BCUT2D eigenvalue weighted by Crippen LogP contribution is 2.35. The molecular weight excluding hydrogens is 467 g/mol. The standard InChI is InChI=1S/C23H18F3N5O4/c1-12-9-16(20(34-12)23(24,25)26)22(33)27-14-3-2-4-15(10-14)35-19-8-7-18-28-17(11-31(18)30-19)29-21(32)13-5-6-13/h2-4,7-11,13H,5-6H2,1H3,(H,27,33)(H,29,32). The minimum atomic E-state index is -4.80. The minimum Gasteiger partial charge on any atom is -0.456 e. The van der Waals surface area contributed by atoms with Crippen LogP contribution in [0.2, 0.25) is 0 Å². The van der Waals surface area contributed by atoms with E-state index in [1.54, 1.807) is 30.5 Å². The number of imidazole rings is 1. The summed E-state index contributed by atoms with van der Waals surface area (Å²) in [6.07, 6.45) is -1.49. The maximum Gasteiger partial charge on any atom is 0.450 e. The van der Waals surface area contributed by atoms with Gasteiger partial charge in [-0.1, -0.05) is 6.07 Å². The van der Waals surface area contributed by atoms with Crippen molar-refractivity contribution >= 4 is 29.0 Å². The molecule has 0 bridgehead atoms. The lowest BCUT2D eigenvalue weighted by Gasteiger charge is -2.09. The molecule has 12 heteroatoms. The lowest BCUT2D eigenvalue weighted by atomic mass is 10.2. The molecule has 0 unspecified atom stereocenters. The average molecular weight is 485 g/mol. The summed E-state index contributed by atoms with van der Waals surface area (Å²) in [6.45, 7) is 1.33. The van der Waals surface area contributed by atoms with Gasteiger partial charge in [-0.05, 0) is 44.0 Å². The van der Waals surface area contributed by atoms with Gasteiger partial charge >= 0.3 is 6.18 Å². The van der Waals surface area contributed by atoms with Gasteiger partial charge in [0.2, 0.25) is 17.5 Å². The van der Waals surface area contributed by atoms with Gasteiger partial charge in [0.1, 0.15) is 11.5 Å². The summed E-state index contributed by atoms with van der Waals surface area (Å²) in [4.78, 5) is 28.7. The number of nitrogens with zero attached hydrogens (tertiary/aromatic N) is 3. The fraction of sp³-hybridized carbons (Fsp3) is 0.217. The molecule has 1 saturated carbocycles. The molecule has 2 N–H and O–H groups in total. The number of anilines is 2. The first-order chi connectivity index (χ1) is 16.7. The molecule has 0 aliphatic heterocycles. The van der Waals surface area contributed by atoms with Crippen LogP contribution in [-0.2, 0) is 11.0 Å². The molecule has 1 aliphatic carbocycles. The molecule has 180 valence electrons. The monoisotopic (exact) mass is 485 g/mol. The van der Waals surface area contributed by atoms with Gasteiger partial charge in [-0.15, -0.1) is 5.10 Å². The SMILES string of the molecule is Cc1cc(C(=O)Nc2cccc(Oc3ccc4nc(NC(=O)C5CC5)cn4n3)c2)c(C(F)(F)F)o1. The van der Waals surface area contributed by atoms with Crippen molar-refractivity contribution in [3.63, 3.8) is 0 Å². The first-order valence-corrected chi connectivity index (χ1v) is 10.6. The van der Waals surface area contributed by atoms with Gasteiger partial charge in [0, 0.05) is 23.7 Å². The lowest BCUT2D eigenvalue weighted by molar-refractivity contribution is -0.153. The number of halogens is 3. The number of carbonyl (C=O) groups excluding carboxylic acids is 2. The number of aryl methyl sites for hydroxylation is 1. The van der Waals surface area contributed by atoms with E-state index in [1.807, 2.05) is 0 Å². The third-order valence-corrected chi connectivity index (χ3v) is 5.17. The van der Waals surface area contributed by atoms with E-state index in [0.717, 1.165) is 18.9 Å². The Labute approximate surface area is 195 Å². The number of nitrogens with one attached hydrogen (secondary N) is 2. The van der Waals surface area contributed by atoms with Crippen molar-refractivity contribution in [2.75, 3.05) is 10.6 Å². The van der Waals surface area contributed by atoms with Crippen LogP contribution in [0.1, 0.15) is 34.7 Å². The normalized spacial score (nSPS) is 13.6. The zero-order valence-corrected chi connectivity index (χ0v) is 18.2. The van der Waals surface area contributed by atoms with Crippen LogP contribution >= 0.6 is 0 Å². The zero-order chi connectivity index (χ0) is 24.7. The Hall–Kier alpha value is -4.35. The molecule has 35 heavy (non-hydrogen) atoms. The molecule has 9 nitrogen and oxygen atoms in total. The Bertz CT molecular complexity index is 1440. The van der Waals surface area contributed by atoms with Crippen molar-refractivity contribution in [1.29, 1.82) is 0 Å². The topological polar surface area (TPSA) is 111 Å². The number of fused-ring (bicyclic) bond motifs is 1. The van der Waals surface area contributed by atoms with Crippen LogP contribution in [0.5, 0.6) is 11.6 Å². The molecular formula is C23H18F3N5O4. The van der Waals surface area contributed by atoms with Crippen molar-refractivity contribution in [3.05, 3.63) is 65.7 Å². The fourth-order valence-electron chi connectivity index (χ4n) is 3.40. The minimum absolute atomic E-state index is 0.0317. The molecule has 0 radical (unpaired) electrons. The summed E-state index contributed by atoms with van der Waals surface area (Å²) in [6, 6.07) is 10.4. The number of hydrogen-bond donors (Lipinski definition) is 2. The first-order valence-electron chi connectivity index (χ1n) is 10.6. The summed E-state index contributed by atoms with van der Waals surface area (Å²) in [5, 5.41) is 9.46. The highest BCUT2D eigenvalue weighted by Gasteiger charge is 2.40. The van der Waals surface area contributed by atoms with Crippen LogP contribution in [0.15, 0.2) is 53.1 Å². The largest absolute Gasteiger partial charge is 0.456 e. The second-order valence-corrected chi connectivity index (χ2v) is 8.05. The Balaban J connectivity index is 1.30. The number of carbonyl (C=O) groups is 2. The van der Waals surface area contributed by atoms with Gasteiger partial charge in [-0.25, -0.2) is 9.50 Å². The Kier molecular flexibility index (Phi) is 5.42. The van der Waals surface area contributed by atoms with Crippen LogP contribution in [0.4, 0.5) is 24.7 Å². The van der Waals surface area contributed by atoms with Crippen LogP contribution in [0, 0.1) is 12.8 Å². The number of amides is 2. The van der Waals surface area contributed by atoms with Crippen LogP contribution in [0.25, 0.3) is 5.65 Å². The maximum atomic E-state index is 13.2. The molecule has 1 aliphatic rings. The van der Waals surface area contributed by atoms with E-state index < -0.39 is 23.4 Å². The first kappa shape index (κ1) is 22.4. The molecule has 3 aromatic heterocycles. The number of furan rings is 1. The smallest absolute Gasteiger partial charge is 0.450 e. The summed E-state index contributed by atoms with van der Waals surface area (Å²) in [7, 11) is 0. The van der Waals surface area contributed by atoms with E-state index >= 15 is 0 Å². The van der Waals surface area contributed by atoms with E-state index in [9.17, 15) is 22.8 Å². The Morgan fingerprint density at radius 1 is 1.14 bits per heavy atom. The summed E-state index contributed by atoms with van der Waals surface area (Å²) in [5.41, 5.74) is 0.103. The number of alkyl halides is 3. The van der Waals surface area contributed by atoms with Crippen molar-refractivity contribution < 1.29 is 31.9 Å². The van der Waals surface area contributed by atoms with Gasteiger partial charge in [0.15, 0.2) is 11.5 Å². The van der Waals surface area contributed by atoms with E-state index in [2.05, 4.69) is 25.1 Å². The molecule has 0 spiro atoms. The van der Waals surface area contributed by atoms with Crippen molar-refractivity contribution in [3.8, 4) is 11.6 Å². The number of hydrogen-bond acceptors (Lipinski definition) is 6. The Morgan fingerprint density at radius 2 is 1.94 bits per heavy atom. The van der Waals surface area contributed by atoms with E-state index in [0.29, 0.717) is 11.5 Å². The van der Waals surface area contributed by atoms with E-state index in [4.69, 9.17) is 4.74 Å². The lowest BCUT2D eigenvalue weighted by Crippen LogP contribution is -2.16. The van der Waals surface area contributed by atoms with Gasteiger partial charge in [-0.3, -0.25) is 9.59 Å². The summed E-state index contributed by atoms with van der Waals surface area (Å²) < 4.78 is 51.3. The predicted molar refractivity (Wildman–Crippen MR) is 117 cm³/mol. The third kappa shape index (κ3) is 4.95. The van der Waals surface area contributed by atoms with Crippen molar-refractivity contribution in [2.45, 2.75) is 25.9 Å². The van der Waals surface area contributed by atoms with Gasteiger partial charge < -0.3 is 19.8 Å². The van der Waals surface area contributed by atoms with E-state index in [-0.39, 0.29) is 34.9 Å². The highest BCUT2D eigenvalue weighted by molar-refractivity contribution is 6.05.